The predicted molar refractivity (Wildman–Crippen MR) is 90.6 cm³/mol. The van der Waals surface area contributed by atoms with Crippen LogP contribution in [0.4, 0.5) is 0 Å². The predicted octanol–water partition coefficient (Wildman–Crippen LogP) is 0.0894. The van der Waals surface area contributed by atoms with Crippen LogP contribution >= 0.6 is 11.6 Å². The SMILES string of the molecule is NCC(=O)NCC(=O)N1CCCN(C(=O)c2cccc(Cl)c2)CC1. The van der Waals surface area contributed by atoms with Crippen molar-refractivity contribution in [3.05, 3.63) is 34.9 Å². The number of halogens is 1. The topological polar surface area (TPSA) is 95.7 Å². The van der Waals surface area contributed by atoms with Gasteiger partial charge in [-0.1, -0.05) is 17.7 Å². The summed E-state index contributed by atoms with van der Waals surface area (Å²) < 4.78 is 0. The van der Waals surface area contributed by atoms with E-state index in [4.69, 9.17) is 17.3 Å². The number of nitrogens with one attached hydrogen (secondary N) is 1. The third kappa shape index (κ3) is 4.94. The van der Waals surface area contributed by atoms with Gasteiger partial charge in [0.25, 0.3) is 5.91 Å². The summed E-state index contributed by atoms with van der Waals surface area (Å²) in [6, 6.07) is 6.82. The van der Waals surface area contributed by atoms with Gasteiger partial charge in [0.2, 0.25) is 11.8 Å². The van der Waals surface area contributed by atoms with E-state index in [0.29, 0.717) is 43.2 Å². The van der Waals surface area contributed by atoms with Crippen LogP contribution in [0.3, 0.4) is 0 Å². The summed E-state index contributed by atoms with van der Waals surface area (Å²) in [5.41, 5.74) is 5.73. The van der Waals surface area contributed by atoms with Crippen molar-refractivity contribution in [3.63, 3.8) is 0 Å². The van der Waals surface area contributed by atoms with Crippen LogP contribution in [-0.4, -0.2) is 66.8 Å². The Morgan fingerprint density at radius 2 is 1.83 bits per heavy atom. The quantitative estimate of drug-likeness (QED) is 0.802. The van der Waals surface area contributed by atoms with Crippen molar-refractivity contribution < 1.29 is 14.4 Å². The minimum Gasteiger partial charge on any atom is -0.346 e. The third-order valence-electron chi connectivity index (χ3n) is 3.83. The maximum absolute atomic E-state index is 12.5. The number of nitrogens with zero attached hydrogens (tertiary/aromatic N) is 2. The van der Waals surface area contributed by atoms with Crippen LogP contribution in [0, 0.1) is 0 Å². The number of rotatable bonds is 4. The van der Waals surface area contributed by atoms with E-state index >= 15 is 0 Å². The molecule has 2 rings (SSSR count). The summed E-state index contributed by atoms with van der Waals surface area (Å²) in [5.74, 6) is -0.631. The Bertz CT molecular complexity index is 623. The second-order valence-electron chi connectivity index (χ2n) is 5.52. The van der Waals surface area contributed by atoms with Crippen LogP contribution in [0.15, 0.2) is 24.3 Å². The summed E-state index contributed by atoms with van der Waals surface area (Å²) in [6.07, 6.45) is 0.683. The molecule has 0 aromatic heterocycles. The van der Waals surface area contributed by atoms with Gasteiger partial charge in [0.05, 0.1) is 13.1 Å². The fourth-order valence-electron chi connectivity index (χ4n) is 2.53. The summed E-state index contributed by atoms with van der Waals surface area (Å²) in [6.45, 7) is 1.79. The molecule has 24 heavy (non-hydrogen) atoms. The monoisotopic (exact) mass is 352 g/mol. The Labute approximate surface area is 145 Å². The fraction of sp³-hybridized carbons (Fsp3) is 0.438. The van der Waals surface area contributed by atoms with Crippen molar-refractivity contribution in [2.45, 2.75) is 6.42 Å². The number of carbonyl (C=O) groups excluding carboxylic acids is 3. The van der Waals surface area contributed by atoms with E-state index < -0.39 is 0 Å². The van der Waals surface area contributed by atoms with E-state index in [-0.39, 0.29) is 30.8 Å². The molecule has 1 fully saturated rings. The summed E-state index contributed by atoms with van der Waals surface area (Å²) in [7, 11) is 0. The molecule has 130 valence electrons. The van der Waals surface area contributed by atoms with Gasteiger partial charge < -0.3 is 20.9 Å². The highest BCUT2D eigenvalue weighted by Gasteiger charge is 2.23. The van der Waals surface area contributed by atoms with E-state index in [1.54, 1.807) is 34.1 Å². The number of carbonyl (C=O) groups is 3. The molecule has 0 spiro atoms. The number of hydrogen-bond donors (Lipinski definition) is 2. The Balaban J connectivity index is 1.91. The normalized spacial score (nSPS) is 14.9. The van der Waals surface area contributed by atoms with Gasteiger partial charge in [0, 0.05) is 36.8 Å². The van der Waals surface area contributed by atoms with Crippen LogP contribution < -0.4 is 11.1 Å². The molecule has 3 N–H and O–H groups in total. The molecule has 0 aliphatic carbocycles. The minimum absolute atomic E-state index is 0.0712. The standard InChI is InChI=1S/C16H21ClN4O3/c17-13-4-1-3-12(9-13)16(24)21-6-2-5-20(7-8-21)15(23)11-19-14(22)10-18/h1,3-4,9H,2,5-8,10-11,18H2,(H,19,22). The number of amides is 3. The van der Waals surface area contributed by atoms with Gasteiger partial charge in [-0.3, -0.25) is 14.4 Å². The fourth-order valence-corrected chi connectivity index (χ4v) is 2.72. The minimum atomic E-state index is -0.365. The first-order valence-electron chi connectivity index (χ1n) is 7.80. The summed E-state index contributed by atoms with van der Waals surface area (Å²) in [5, 5.41) is 2.98. The average Bonchev–Trinajstić information content (AvgIpc) is 2.84. The van der Waals surface area contributed by atoms with E-state index in [1.165, 1.54) is 0 Å². The van der Waals surface area contributed by atoms with Gasteiger partial charge >= 0.3 is 0 Å². The molecule has 1 aliphatic heterocycles. The molecule has 8 heteroatoms. The summed E-state index contributed by atoms with van der Waals surface area (Å²) >= 11 is 5.93. The smallest absolute Gasteiger partial charge is 0.253 e. The van der Waals surface area contributed by atoms with Gasteiger partial charge in [-0.15, -0.1) is 0 Å². The second kappa shape index (κ2) is 8.65. The van der Waals surface area contributed by atoms with Crippen molar-refractivity contribution in [2.75, 3.05) is 39.3 Å². The zero-order chi connectivity index (χ0) is 17.5. The molecule has 0 unspecified atom stereocenters. The van der Waals surface area contributed by atoms with Crippen molar-refractivity contribution in [1.82, 2.24) is 15.1 Å². The maximum Gasteiger partial charge on any atom is 0.253 e. The Morgan fingerprint density at radius 3 is 2.54 bits per heavy atom. The van der Waals surface area contributed by atoms with E-state index in [0.717, 1.165) is 0 Å². The van der Waals surface area contributed by atoms with Crippen molar-refractivity contribution >= 4 is 29.3 Å². The molecule has 0 bridgehead atoms. The molecule has 1 saturated heterocycles. The van der Waals surface area contributed by atoms with Gasteiger partial charge in [0.1, 0.15) is 0 Å². The maximum atomic E-state index is 12.5. The van der Waals surface area contributed by atoms with Crippen LogP contribution in [0.25, 0.3) is 0 Å². The van der Waals surface area contributed by atoms with Crippen LogP contribution in [0.1, 0.15) is 16.8 Å². The summed E-state index contributed by atoms with van der Waals surface area (Å²) in [4.78, 5) is 39.1. The zero-order valence-corrected chi connectivity index (χ0v) is 14.1. The van der Waals surface area contributed by atoms with Crippen molar-refractivity contribution in [2.24, 2.45) is 5.73 Å². The second-order valence-corrected chi connectivity index (χ2v) is 5.95. The molecule has 7 nitrogen and oxygen atoms in total. The largest absolute Gasteiger partial charge is 0.346 e. The lowest BCUT2D eigenvalue weighted by Crippen LogP contribution is -2.43. The van der Waals surface area contributed by atoms with Crippen LogP contribution in [0.2, 0.25) is 5.02 Å². The van der Waals surface area contributed by atoms with E-state index in [9.17, 15) is 14.4 Å². The average molecular weight is 353 g/mol. The molecule has 3 amide bonds. The van der Waals surface area contributed by atoms with E-state index in [2.05, 4.69) is 5.32 Å². The molecule has 0 saturated carbocycles. The van der Waals surface area contributed by atoms with Gasteiger partial charge in [0.15, 0.2) is 0 Å². The lowest BCUT2D eigenvalue weighted by Gasteiger charge is -2.22. The first-order chi connectivity index (χ1) is 11.5. The Hall–Kier alpha value is -2.12. The van der Waals surface area contributed by atoms with Gasteiger partial charge in [-0.05, 0) is 24.6 Å². The number of nitrogens with two attached hydrogens (primary N) is 1. The number of hydrogen-bond acceptors (Lipinski definition) is 4. The molecule has 1 aromatic rings. The molecule has 1 aromatic carbocycles. The lowest BCUT2D eigenvalue weighted by molar-refractivity contribution is -0.132. The number of benzene rings is 1. The first-order valence-corrected chi connectivity index (χ1v) is 8.18. The molecule has 0 radical (unpaired) electrons. The third-order valence-corrected chi connectivity index (χ3v) is 4.06. The molecule has 1 heterocycles. The van der Waals surface area contributed by atoms with E-state index in [1.807, 2.05) is 0 Å². The first kappa shape index (κ1) is 18.2. The lowest BCUT2D eigenvalue weighted by atomic mass is 10.2. The van der Waals surface area contributed by atoms with Crippen molar-refractivity contribution in [3.8, 4) is 0 Å². The Morgan fingerprint density at radius 1 is 1.12 bits per heavy atom. The van der Waals surface area contributed by atoms with Gasteiger partial charge in [-0.2, -0.15) is 0 Å². The van der Waals surface area contributed by atoms with Crippen LogP contribution in [0.5, 0.6) is 0 Å². The molecular formula is C16H21ClN4O3. The highest BCUT2D eigenvalue weighted by molar-refractivity contribution is 6.30. The van der Waals surface area contributed by atoms with Crippen molar-refractivity contribution in [1.29, 1.82) is 0 Å². The molecule has 0 atom stereocenters. The Kier molecular flexibility index (Phi) is 6.57. The molecular weight excluding hydrogens is 332 g/mol. The highest BCUT2D eigenvalue weighted by Crippen LogP contribution is 2.14. The molecule has 1 aliphatic rings. The van der Waals surface area contributed by atoms with Gasteiger partial charge in [-0.25, -0.2) is 0 Å². The zero-order valence-electron chi connectivity index (χ0n) is 13.3. The van der Waals surface area contributed by atoms with Crippen LogP contribution in [-0.2, 0) is 9.59 Å². The highest BCUT2D eigenvalue weighted by atomic mass is 35.5.